The molecular weight excluding hydrogens is 272 g/mol. The molecule has 0 spiro atoms. The van der Waals surface area contributed by atoms with Crippen LogP contribution in [0.5, 0.6) is 0 Å². The van der Waals surface area contributed by atoms with Gasteiger partial charge in [0.25, 0.3) is 0 Å². The zero-order valence-corrected chi connectivity index (χ0v) is 14.9. The molecule has 0 saturated heterocycles. The van der Waals surface area contributed by atoms with E-state index in [1.54, 1.807) is 0 Å². The average Bonchev–Trinajstić information content (AvgIpc) is 2.48. The lowest BCUT2D eigenvalue weighted by molar-refractivity contribution is -0.142. The maximum Gasteiger partial charge on any atom is 0.310 e. The van der Waals surface area contributed by atoms with Gasteiger partial charge in [0.15, 0.2) is 0 Å². The van der Waals surface area contributed by atoms with Gasteiger partial charge in [-0.05, 0) is 71.6 Å². The van der Waals surface area contributed by atoms with E-state index in [9.17, 15) is 9.90 Å². The molecule has 0 amide bonds. The van der Waals surface area contributed by atoms with Gasteiger partial charge in [-0.15, -0.1) is 0 Å². The minimum absolute atomic E-state index is 0.223. The Kier molecular flexibility index (Phi) is 7.64. The topological polar surface area (TPSA) is 37.3 Å². The molecule has 0 aromatic heterocycles. The quantitative estimate of drug-likeness (QED) is 0.655. The summed E-state index contributed by atoms with van der Waals surface area (Å²) in [4.78, 5) is 11.9. The lowest BCUT2D eigenvalue weighted by atomic mass is 9.74. The second-order valence-corrected chi connectivity index (χ2v) is 7.09. The van der Waals surface area contributed by atoms with Crippen LogP contribution in [0.15, 0.2) is 34.9 Å². The zero-order chi connectivity index (χ0) is 16.7. The van der Waals surface area contributed by atoms with Crippen molar-refractivity contribution in [3.8, 4) is 0 Å². The van der Waals surface area contributed by atoms with Crippen LogP contribution in [0.2, 0.25) is 0 Å². The van der Waals surface area contributed by atoms with Gasteiger partial charge in [0.05, 0.1) is 5.92 Å². The van der Waals surface area contributed by atoms with Crippen LogP contribution in [0.25, 0.3) is 0 Å². The van der Waals surface area contributed by atoms with Gasteiger partial charge in [-0.3, -0.25) is 4.79 Å². The normalized spacial score (nSPS) is 29.0. The van der Waals surface area contributed by atoms with Crippen LogP contribution in [-0.2, 0) is 4.79 Å². The van der Waals surface area contributed by atoms with Gasteiger partial charge in [0.2, 0.25) is 0 Å². The molecule has 0 aliphatic heterocycles. The highest BCUT2D eigenvalue weighted by Gasteiger charge is 2.33. The Morgan fingerprint density at radius 1 is 1.36 bits per heavy atom. The fourth-order valence-electron chi connectivity index (χ4n) is 3.41. The molecule has 1 aliphatic rings. The van der Waals surface area contributed by atoms with Crippen LogP contribution >= 0.6 is 0 Å². The summed E-state index contributed by atoms with van der Waals surface area (Å²) < 4.78 is 0. The number of hydrogen-bond donors (Lipinski definition) is 1. The third kappa shape index (κ3) is 5.82. The van der Waals surface area contributed by atoms with Crippen LogP contribution < -0.4 is 0 Å². The summed E-state index contributed by atoms with van der Waals surface area (Å²) in [6.07, 6.45) is 11.6. The summed E-state index contributed by atoms with van der Waals surface area (Å²) in [5.74, 6) is -0.347. The third-order valence-electron chi connectivity index (χ3n) is 4.87. The largest absolute Gasteiger partial charge is 0.481 e. The van der Waals surface area contributed by atoms with E-state index >= 15 is 0 Å². The molecule has 1 rings (SSSR count). The molecule has 1 N–H and O–H groups in total. The predicted molar refractivity (Wildman–Crippen MR) is 93.8 cm³/mol. The molecule has 0 heterocycles. The van der Waals surface area contributed by atoms with Crippen molar-refractivity contribution in [3.05, 3.63) is 34.9 Å². The Hall–Kier alpha value is -1.31. The SMILES string of the molecule is CC(C)=CCCC(C)[C@H]1CC/C(C)=C/C/C=C(/C)C1C(=O)O. The van der Waals surface area contributed by atoms with Gasteiger partial charge >= 0.3 is 5.97 Å². The standard InChI is InChI=1S/C20H32O2/c1-14(2)8-6-10-16(4)18-13-12-15(3)9-7-11-17(5)19(18)20(21)22/h8-9,11,16,18-19H,6-7,10,12-13H2,1-5H3,(H,21,22)/b15-9+,17-11-/t16?,18-,19?/m1/s1. The molecule has 0 aromatic rings. The van der Waals surface area contributed by atoms with Crippen LogP contribution in [-0.4, -0.2) is 11.1 Å². The van der Waals surface area contributed by atoms with Crippen molar-refractivity contribution < 1.29 is 9.90 Å². The summed E-state index contributed by atoms with van der Waals surface area (Å²) in [7, 11) is 0. The molecule has 0 radical (unpaired) electrons. The highest BCUT2D eigenvalue weighted by atomic mass is 16.4. The molecule has 0 fully saturated rings. The second-order valence-electron chi connectivity index (χ2n) is 7.09. The maximum atomic E-state index is 11.9. The molecule has 2 heteroatoms. The van der Waals surface area contributed by atoms with E-state index in [1.807, 2.05) is 6.92 Å². The Morgan fingerprint density at radius 3 is 2.64 bits per heavy atom. The molecule has 124 valence electrons. The first-order valence-electron chi connectivity index (χ1n) is 8.51. The van der Waals surface area contributed by atoms with Gasteiger partial charge in [-0.25, -0.2) is 0 Å². The number of allylic oxidation sites excluding steroid dienone is 5. The molecule has 2 unspecified atom stereocenters. The Balaban J connectivity index is 2.94. The Morgan fingerprint density at radius 2 is 2.05 bits per heavy atom. The first-order valence-corrected chi connectivity index (χ1v) is 8.51. The van der Waals surface area contributed by atoms with E-state index in [2.05, 4.69) is 45.9 Å². The molecule has 0 aromatic carbocycles. The minimum Gasteiger partial charge on any atom is -0.481 e. The summed E-state index contributed by atoms with van der Waals surface area (Å²) in [5, 5.41) is 9.75. The predicted octanol–water partition coefficient (Wildman–Crippen LogP) is 5.76. The molecule has 22 heavy (non-hydrogen) atoms. The highest BCUT2D eigenvalue weighted by molar-refractivity contribution is 5.74. The van der Waals surface area contributed by atoms with Gasteiger partial charge < -0.3 is 5.11 Å². The van der Waals surface area contributed by atoms with Gasteiger partial charge in [0, 0.05) is 0 Å². The van der Waals surface area contributed by atoms with E-state index < -0.39 is 5.97 Å². The fourth-order valence-corrected chi connectivity index (χ4v) is 3.41. The Bertz CT molecular complexity index is 464. The fraction of sp³-hybridized carbons (Fsp3) is 0.650. The van der Waals surface area contributed by atoms with Crippen LogP contribution in [0.3, 0.4) is 0 Å². The first-order chi connectivity index (χ1) is 10.3. The van der Waals surface area contributed by atoms with Crippen LogP contribution in [0, 0.1) is 17.8 Å². The average molecular weight is 304 g/mol. The molecule has 3 atom stereocenters. The summed E-state index contributed by atoms with van der Waals surface area (Å²) >= 11 is 0. The van der Waals surface area contributed by atoms with Crippen molar-refractivity contribution in [2.75, 3.05) is 0 Å². The molecule has 2 nitrogen and oxygen atoms in total. The lowest BCUT2D eigenvalue weighted by Crippen LogP contribution is -2.29. The van der Waals surface area contributed by atoms with Gasteiger partial charge in [0.1, 0.15) is 0 Å². The number of carboxylic acid groups (broad SMARTS) is 1. The van der Waals surface area contributed by atoms with Crippen molar-refractivity contribution in [2.24, 2.45) is 17.8 Å². The number of aliphatic carboxylic acids is 1. The number of hydrogen-bond acceptors (Lipinski definition) is 1. The van der Waals surface area contributed by atoms with Crippen molar-refractivity contribution in [1.82, 2.24) is 0 Å². The van der Waals surface area contributed by atoms with Gasteiger partial charge in [-0.2, -0.15) is 0 Å². The van der Waals surface area contributed by atoms with E-state index in [0.29, 0.717) is 5.92 Å². The van der Waals surface area contributed by atoms with Gasteiger partial charge in [-0.1, -0.05) is 41.9 Å². The first kappa shape index (κ1) is 18.7. The van der Waals surface area contributed by atoms with E-state index in [0.717, 1.165) is 37.7 Å². The Labute approximate surface area is 136 Å². The van der Waals surface area contributed by atoms with Crippen molar-refractivity contribution in [3.63, 3.8) is 0 Å². The molecule has 0 bridgehead atoms. The molecule has 0 saturated carbocycles. The van der Waals surface area contributed by atoms with E-state index in [-0.39, 0.29) is 11.8 Å². The zero-order valence-electron chi connectivity index (χ0n) is 14.9. The second kappa shape index (κ2) is 8.97. The summed E-state index contributed by atoms with van der Waals surface area (Å²) in [6.45, 7) is 10.6. The summed E-state index contributed by atoms with van der Waals surface area (Å²) in [6, 6.07) is 0. The van der Waals surface area contributed by atoms with Crippen molar-refractivity contribution in [1.29, 1.82) is 0 Å². The number of carbonyl (C=O) groups is 1. The third-order valence-corrected chi connectivity index (χ3v) is 4.87. The van der Waals surface area contributed by atoms with Crippen LogP contribution in [0.1, 0.15) is 66.7 Å². The van der Waals surface area contributed by atoms with Crippen molar-refractivity contribution in [2.45, 2.75) is 66.7 Å². The smallest absolute Gasteiger partial charge is 0.310 e. The highest BCUT2D eigenvalue weighted by Crippen LogP contribution is 2.36. The van der Waals surface area contributed by atoms with E-state index in [1.165, 1.54) is 11.1 Å². The maximum absolute atomic E-state index is 11.9. The van der Waals surface area contributed by atoms with Crippen molar-refractivity contribution >= 4 is 5.97 Å². The lowest BCUT2D eigenvalue weighted by Gasteiger charge is -2.30. The summed E-state index contributed by atoms with van der Waals surface area (Å²) in [5.41, 5.74) is 3.75. The van der Waals surface area contributed by atoms with Crippen LogP contribution in [0.4, 0.5) is 0 Å². The molecule has 1 aliphatic carbocycles. The monoisotopic (exact) mass is 304 g/mol. The molecular formula is C20H32O2. The minimum atomic E-state index is -0.660. The van der Waals surface area contributed by atoms with E-state index in [4.69, 9.17) is 0 Å². The number of carboxylic acids is 1. The number of rotatable bonds is 5.